The molecule has 0 bridgehead atoms. The van der Waals surface area contributed by atoms with Crippen LogP contribution >= 0.6 is 11.3 Å². The molecule has 0 radical (unpaired) electrons. The predicted molar refractivity (Wildman–Crippen MR) is 111 cm³/mol. The molecule has 0 amide bonds. The fourth-order valence-electron chi connectivity index (χ4n) is 3.38. The monoisotopic (exact) mass is 437 g/mol. The fraction of sp³-hybridized carbons (Fsp3) is 0.182. The van der Waals surface area contributed by atoms with Crippen LogP contribution in [0.5, 0.6) is 0 Å². The van der Waals surface area contributed by atoms with Gasteiger partial charge in [0, 0.05) is 22.4 Å². The molecule has 1 unspecified atom stereocenters. The summed E-state index contributed by atoms with van der Waals surface area (Å²) in [6, 6.07) is 12.0. The first-order chi connectivity index (χ1) is 14.9. The van der Waals surface area contributed by atoms with Gasteiger partial charge in [0.05, 0.1) is 28.9 Å². The summed E-state index contributed by atoms with van der Waals surface area (Å²) in [6.45, 7) is 1.57. The Morgan fingerprint density at radius 3 is 2.68 bits per heavy atom. The number of halogens is 2. The smallest absolute Gasteiger partial charge is 0.137 e. The van der Waals surface area contributed by atoms with Crippen molar-refractivity contribution in [3.05, 3.63) is 88.3 Å². The second kappa shape index (κ2) is 8.34. The normalized spacial score (nSPS) is 14.0. The minimum atomic E-state index is -1.83. The van der Waals surface area contributed by atoms with E-state index >= 15 is 0 Å². The molecule has 1 N–H and O–H groups in total. The molecule has 2 heterocycles. The van der Waals surface area contributed by atoms with E-state index in [1.807, 2.05) is 5.38 Å². The van der Waals surface area contributed by atoms with Gasteiger partial charge in [0.1, 0.15) is 29.9 Å². The van der Waals surface area contributed by atoms with Crippen LogP contribution in [0.25, 0.3) is 11.3 Å². The van der Waals surface area contributed by atoms with Gasteiger partial charge in [0.25, 0.3) is 0 Å². The lowest BCUT2D eigenvalue weighted by Crippen LogP contribution is -2.38. The van der Waals surface area contributed by atoms with Gasteiger partial charge in [-0.05, 0) is 30.3 Å². The average Bonchev–Trinajstić information content (AvgIpc) is 3.47. The van der Waals surface area contributed by atoms with Crippen molar-refractivity contribution in [2.75, 3.05) is 0 Å². The van der Waals surface area contributed by atoms with E-state index in [2.05, 4.69) is 21.1 Å². The van der Waals surface area contributed by atoms with E-state index in [1.165, 1.54) is 28.7 Å². The highest BCUT2D eigenvalue weighted by molar-refractivity contribution is 7.10. The Labute approximate surface area is 181 Å². The van der Waals surface area contributed by atoms with Crippen molar-refractivity contribution in [2.45, 2.75) is 25.0 Å². The van der Waals surface area contributed by atoms with Crippen LogP contribution in [0.4, 0.5) is 8.78 Å². The molecule has 0 aliphatic heterocycles. The molecule has 2 atom stereocenters. The van der Waals surface area contributed by atoms with Crippen LogP contribution in [-0.4, -0.2) is 24.9 Å². The fourth-order valence-corrected chi connectivity index (χ4v) is 4.36. The Balaban J connectivity index is 1.74. The standard InChI is InChI=1S/C22H17F2N5OS/c1-14(21-28-20(10-31-21)16-4-2-15(9-25)3-5-16)22(30,11-29-13-26-12-27-29)18-8-17(23)6-7-19(18)24/h2-8,10,12-14,30H,11H2,1H3/t14?,22-/m1/s1. The quantitative estimate of drug-likeness (QED) is 0.487. The third kappa shape index (κ3) is 4.08. The Morgan fingerprint density at radius 2 is 2.00 bits per heavy atom. The van der Waals surface area contributed by atoms with Gasteiger partial charge in [0.15, 0.2) is 0 Å². The first-order valence-corrected chi connectivity index (χ1v) is 10.2. The van der Waals surface area contributed by atoms with Gasteiger partial charge < -0.3 is 5.11 Å². The van der Waals surface area contributed by atoms with E-state index in [-0.39, 0.29) is 12.1 Å². The van der Waals surface area contributed by atoms with Gasteiger partial charge in [-0.1, -0.05) is 19.1 Å². The molecular weight excluding hydrogens is 420 g/mol. The zero-order valence-electron chi connectivity index (χ0n) is 16.4. The summed E-state index contributed by atoms with van der Waals surface area (Å²) in [5.74, 6) is -2.07. The highest BCUT2D eigenvalue weighted by Crippen LogP contribution is 2.41. The molecule has 4 aromatic rings. The number of nitriles is 1. The van der Waals surface area contributed by atoms with Crippen LogP contribution < -0.4 is 0 Å². The lowest BCUT2D eigenvalue weighted by atomic mass is 9.82. The van der Waals surface area contributed by atoms with Gasteiger partial charge in [-0.2, -0.15) is 10.4 Å². The number of hydrogen-bond donors (Lipinski definition) is 1. The highest BCUT2D eigenvalue weighted by atomic mass is 32.1. The molecule has 2 aromatic heterocycles. The maximum atomic E-state index is 14.7. The average molecular weight is 437 g/mol. The number of benzene rings is 2. The third-order valence-electron chi connectivity index (χ3n) is 5.18. The summed E-state index contributed by atoms with van der Waals surface area (Å²) in [7, 11) is 0. The van der Waals surface area contributed by atoms with E-state index in [9.17, 15) is 13.9 Å². The van der Waals surface area contributed by atoms with Crippen LogP contribution in [0.15, 0.2) is 60.5 Å². The van der Waals surface area contributed by atoms with Crippen molar-refractivity contribution in [2.24, 2.45) is 0 Å². The summed E-state index contributed by atoms with van der Waals surface area (Å²) in [5.41, 5.74) is 0.00578. The van der Waals surface area contributed by atoms with E-state index < -0.39 is 23.2 Å². The van der Waals surface area contributed by atoms with Crippen LogP contribution in [0.3, 0.4) is 0 Å². The third-order valence-corrected chi connectivity index (χ3v) is 6.21. The van der Waals surface area contributed by atoms with Gasteiger partial charge in [-0.15, -0.1) is 11.3 Å². The van der Waals surface area contributed by atoms with Crippen molar-refractivity contribution in [3.63, 3.8) is 0 Å². The summed E-state index contributed by atoms with van der Waals surface area (Å²) in [4.78, 5) is 8.49. The minimum Gasteiger partial charge on any atom is -0.382 e. The number of hydrogen-bond acceptors (Lipinski definition) is 6. The van der Waals surface area contributed by atoms with Crippen molar-refractivity contribution in [1.29, 1.82) is 5.26 Å². The molecule has 0 saturated heterocycles. The number of aromatic nitrogens is 4. The summed E-state index contributed by atoms with van der Waals surface area (Å²) < 4.78 is 30.0. The first-order valence-electron chi connectivity index (χ1n) is 9.37. The second-order valence-corrected chi connectivity index (χ2v) is 8.01. The van der Waals surface area contributed by atoms with Gasteiger partial charge in [-0.25, -0.2) is 23.4 Å². The number of rotatable bonds is 6. The predicted octanol–water partition coefficient (Wildman–Crippen LogP) is 4.24. The van der Waals surface area contributed by atoms with Gasteiger partial charge in [-0.3, -0.25) is 0 Å². The van der Waals surface area contributed by atoms with Crippen LogP contribution in [0.1, 0.15) is 29.0 Å². The number of nitrogens with zero attached hydrogens (tertiary/aromatic N) is 5. The zero-order chi connectivity index (χ0) is 22.0. The molecule has 0 saturated carbocycles. The summed E-state index contributed by atoms with van der Waals surface area (Å²) in [5, 5.41) is 27.0. The van der Waals surface area contributed by atoms with E-state index in [0.29, 0.717) is 16.3 Å². The molecule has 31 heavy (non-hydrogen) atoms. The van der Waals surface area contributed by atoms with Gasteiger partial charge >= 0.3 is 0 Å². The minimum absolute atomic E-state index is 0.139. The highest BCUT2D eigenvalue weighted by Gasteiger charge is 2.41. The SMILES string of the molecule is CC(c1nc(-c2ccc(C#N)cc2)cs1)[C@](O)(Cn1cncn1)c1cc(F)ccc1F. The van der Waals surface area contributed by atoms with E-state index in [4.69, 9.17) is 5.26 Å². The molecule has 0 aliphatic rings. The second-order valence-electron chi connectivity index (χ2n) is 7.12. The molecule has 0 aliphatic carbocycles. The van der Waals surface area contributed by atoms with Crippen LogP contribution in [0.2, 0.25) is 0 Å². The lowest BCUT2D eigenvalue weighted by Gasteiger charge is -2.33. The molecule has 0 fully saturated rings. The zero-order valence-corrected chi connectivity index (χ0v) is 17.2. The van der Waals surface area contributed by atoms with Crippen molar-refractivity contribution < 1.29 is 13.9 Å². The topological polar surface area (TPSA) is 87.6 Å². The summed E-state index contributed by atoms with van der Waals surface area (Å²) >= 11 is 1.31. The van der Waals surface area contributed by atoms with E-state index in [0.717, 1.165) is 23.8 Å². The number of thiazole rings is 1. The molecular formula is C22H17F2N5OS. The van der Waals surface area contributed by atoms with Crippen molar-refractivity contribution >= 4 is 11.3 Å². The van der Waals surface area contributed by atoms with Gasteiger partial charge in [0.2, 0.25) is 0 Å². The van der Waals surface area contributed by atoms with Crippen molar-refractivity contribution in [1.82, 2.24) is 19.7 Å². The number of aliphatic hydroxyl groups is 1. The lowest BCUT2D eigenvalue weighted by molar-refractivity contribution is -0.0114. The Morgan fingerprint density at radius 1 is 1.23 bits per heavy atom. The molecule has 156 valence electrons. The molecule has 4 rings (SSSR count). The van der Waals surface area contributed by atoms with Crippen LogP contribution in [-0.2, 0) is 12.1 Å². The first kappa shape index (κ1) is 20.8. The maximum Gasteiger partial charge on any atom is 0.137 e. The molecule has 0 spiro atoms. The Bertz CT molecular complexity index is 1230. The van der Waals surface area contributed by atoms with Crippen LogP contribution in [0, 0.1) is 23.0 Å². The molecule has 9 heteroatoms. The Hall–Kier alpha value is -3.48. The maximum absolute atomic E-state index is 14.7. The summed E-state index contributed by atoms with van der Waals surface area (Å²) in [6.07, 6.45) is 2.71. The largest absolute Gasteiger partial charge is 0.382 e. The van der Waals surface area contributed by atoms with Crippen molar-refractivity contribution in [3.8, 4) is 17.3 Å². The van der Waals surface area contributed by atoms with E-state index in [1.54, 1.807) is 31.2 Å². The molecule has 6 nitrogen and oxygen atoms in total. The molecule has 2 aromatic carbocycles. The Kier molecular flexibility index (Phi) is 5.59.